The summed E-state index contributed by atoms with van der Waals surface area (Å²) in [5, 5.41) is 3.56. The van der Waals surface area contributed by atoms with Crippen LogP contribution in [0.1, 0.15) is 38.2 Å². The van der Waals surface area contributed by atoms with Crippen molar-refractivity contribution in [2.24, 2.45) is 5.92 Å². The first-order valence-corrected chi connectivity index (χ1v) is 5.83. The summed E-state index contributed by atoms with van der Waals surface area (Å²) in [6.45, 7) is 3.18. The van der Waals surface area contributed by atoms with Crippen molar-refractivity contribution in [2.45, 2.75) is 45.2 Å². The van der Waals surface area contributed by atoms with Gasteiger partial charge in [0.05, 0.1) is 0 Å². The van der Waals surface area contributed by atoms with Gasteiger partial charge in [0.15, 0.2) is 0 Å². The molecule has 1 aromatic heterocycles. The zero-order chi connectivity index (χ0) is 10.5. The monoisotopic (exact) mass is 205 g/mol. The van der Waals surface area contributed by atoms with Crippen molar-refractivity contribution in [3.63, 3.8) is 0 Å². The molecule has 0 aliphatic heterocycles. The molecule has 0 spiro atoms. The number of aromatic nitrogens is 2. The third-order valence-electron chi connectivity index (χ3n) is 3.35. The van der Waals surface area contributed by atoms with Crippen LogP contribution in [0.15, 0.2) is 18.7 Å². The molecule has 1 aliphatic rings. The van der Waals surface area contributed by atoms with E-state index in [1.807, 2.05) is 12.4 Å². The smallest absolute Gasteiger partial charge is 0.115 e. The average Bonchev–Trinajstić information content (AvgIpc) is 2.81. The maximum atomic E-state index is 4.01. The van der Waals surface area contributed by atoms with Crippen LogP contribution in [-0.4, -0.2) is 16.0 Å². The maximum Gasteiger partial charge on any atom is 0.115 e. The van der Waals surface area contributed by atoms with Gasteiger partial charge in [0.1, 0.15) is 6.33 Å². The Bertz CT molecular complexity index is 280. The van der Waals surface area contributed by atoms with Crippen molar-refractivity contribution in [3.8, 4) is 0 Å². The summed E-state index contributed by atoms with van der Waals surface area (Å²) in [6, 6.07) is 0.618. The van der Waals surface area contributed by atoms with Crippen molar-refractivity contribution in [1.29, 1.82) is 0 Å². The second kappa shape index (κ2) is 5.21. The third kappa shape index (κ3) is 2.99. The third-order valence-corrected chi connectivity index (χ3v) is 3.35. The molecule has 3 heteroatoms. The van der Waals surface area contributed by atoms with E-state index in [0.717, 1.165) is 12.5 Å². The van der Waals surface area contributed by atoms with E-state index >= 15 is 0 Å². The predicted octanol–water partition coefficient (Wildman–Crippen LogP) is 2.14. The van der Waals surface area contributed by atoms with Gasteiger partial charge in [0.25, 0.3) is 0 Å². The molecule has 0 radical (unpaired) electrons. The van der Waals surface area contributed by atoms with Crippen molar-refractivity contribution >= 4 is 0 Å². The van der Waals surface area contributed by atoms with E-state index < -0.39 is 0 Å². The van der Waals surface area contributed by atoms with E-state index in [4.69, 9.17) is 0 Å². The minimum absolute atomic E-state index is 0.618. The van der Waals surface area contributed by atoms with E-state index in [9.17, 15) is 0 Å². The Morgan fingerprint density at radius 3 is 2.67 bits per heavy atom. The van der Waals surface area contributed by atoms with Crippen LogP contribution in [-0.2, 0) is 6.54 Å². The Labute approximate surface area is 91.3 Å². The fourth-order valence-corrected chi connectivity index (χ4v) is 2.32. The Morgan fingerprint density at radius 2 is 2.00 bits per heavy atom. The molecular weight excluding hydrogens is 186 g/mol. The molecule has 3 nitrogen and oxygen atoms in total. The topological polar surface area (TPSA) is 37.8 Å². The molecule has 0 unspecified atom stereocenters. The first-order chi connectivity index (χ1) is 7.36. The molecule has 1 atom stereocenters. The Balaban J connectivity index is 1.77. The van der Waals surface area contributed by atoms with Crippen LogP contribution in [0.3, 0.4) is 0 Å². The molecule has 2 rings (SSSR count). The molecular formula is C12H19N3. The molecule has 1 heterocycles. The lowest BCUT2D eigenvalue weighted by atomic mass is 10.00. The van der Waals surface area contributed by atoms with Gasteiger partial charge in [0.2, 0.25) is 0 Å². The highest BCUT2D eigenvalue weighted by Crippen LogP contribution is 2.27. The van der Waals surface area contributed by atoms with E-state index in [1.165, 1.54) is 31.2 Å². The number of nitrogens with one attached hydrogen (secondary N) is 1. The van der Waals surface area contributed by atoms with Crippen LogP contribution >= 0.6 is 0 Å². The van der Waals surface area contributed by atoms with Gasteiger partial charge in [0, 0.05) is 30.5 Å². The van der Waals surface area contributed by atoms with Gasteiger partial charge in [-0.2, -0.15) is 0 Å². The number of hydrogen-bond acceptors (Lipinski definition) is 3. The van der Waals surface area contributed by atoms with Crippen LogP contribution in [0, 0.1) is 5.92 Å². The number of hydrogen-bond donors (Lipinski definition) is 1. The molecule has 1 N–H and O–H groups in total. The Kier molecular flexibility index (Phi) is 3.67. The lowest BCUT2D eigenvalue weighted by Gasteiger charge is -2.20. The van der Waals surface area contributed by atoms with Crippen molar-refractivity contribution in [1.82, 2.24) is 15.3 Å². The van der Waals surface area contributed by atoms with Crippen molar-refractivity contribution in [3.05, 3.63) is 24.3 Å². The van der Waals surface area contributed by atoms with Crippen LogP contribution < -0.4 is 5.32 Å². The van der Waals surface area contributed by atoms with E-state index in [0.29, 0.717) is 6.04 Å². The van der Waals surface area contributed by atoms with Crippen LogP contribution in [0.4, 0.5) is 0 Å². The lowest BCUT2D eigenvalue weighted by molar-refractivity contribution is 0.380. The summed E-state index contributed by atoms with van der Waals surface area (Å²) in [5.74, 6) is 0.870. The van der Waals surface area contributed by atoms with Gasteiger partial charge in [-0.3, -0.25) is 0 Å². The average molecular weight is 205 g/mol. The largest absolute Gasteiger partial charge is 0.310 e. The Hall–Kier alpha value is -0.960. The normalized spacial score (nSPS) is 19.3. The van der Waals surface area contributed by atoms with Crippen LogP contribution in [0.25, 0.3) is 0 Å². The van der Waals surface area contributed by atoms with Gasteiger partial charge >= 0.3 is 0 Å². The van der Waals surface area contributed by atoms with Gasteiger partial charge in [-0.05, 0) is 25.7 Å². The summed E-state index contributed by atoms with van der Waals surface area (Å²) >= 11 is 0. The van der Waals surface area contributed by atoms with Crippen LogP contribution in [0.2, 0.25) is 0 Å². The van der Waals surface area contributed by atoms with E-state index in [1.54, 1.807) is 6.33 Å². The lowest BCUT2D eigenvalue weighted by Crippen LogP contribution is -2.31. The zero-order valence-electron chi connectivity index (χ0n) is 9.32. The van der Waals surface area contributed by atoms with E-state index in [2.05, 4.69) is 22.2 Å². The maximum absolute atomic E-state index is 4.01. The molecule has 0 bridgehead atoms. The second-order valence-electron chi connectivity index (χ2n) is 4.46. The highest BCUT2D eigenvalue weighted by molar-refractivity contribution is 5.01. The number of rotatable bonds is 4. The molecule has 15 heavy (non-hydrogen) atoms. The fraction of sp³-hybridized carbons (Fsp3) is 0.667. The molecule has 1 aromatic rings. The minimum Gasteiger partial charge on any atom is -0.310 e. The van der Waals surface area contributed by atoms with Gasteiger partial charge in [-0.25, -0.2) is 9.97 Å². The van der Waals surface area contributed by atoms with Gasteiger partial charge < -0.3 is 5.32 Å². The van der Waals surface area contributed by atoms with Crippen molar-refractivity contribution < 1.29 is 0 Å². The number of nitrogens with zero attached hydrogens (tertiary/aromatic N) is 2. The van der Waals surface area contributed by atoms with Gasteiger partial charge in [-0.15, -0.1) is 0 Å². The summed E-state index contributed by atoms with van der Waals surface area (Å²) in [5.41, 5.74) is 1.17. The molecule has 1 saturated carbocycles. The minimum atomic E-state index is 0.618. The first kappa shape index (κ1) is 10.6. The molecule has 1 fully saturated rings. The highest BCUT2D eigenvalue weighted by atomic mass is 14.9. The summed E-state index contributed by atoms with van der Waals surface area (Å²) < 4.78 is 0. The highest BCUT2D eigenvalue weighted by Gasteiger charge is 2.20. The molecule has 0 saturated heterocycles. The summed E-state index contributed by atoms with van der Waals surface area (Å²) in [4.78, 5) is 8.02. The zero-order valence-corrected chi connectivity index (χ0v) is 9.32. The van der Waals surface area contributed by atoms with Gasteiger partial charge in [-0.1, -0.05) is 12.8 Å². The molecule has 0 amide bonds. The molecule has 1 aliphatic carbocycles. The molecule has 0 aromatic carbocycles. The molecule has 82 valence electrons. The van der Waals surface area contributed by atoms with Crippen molar-refractivity contribution in [2.75, 3.05) is 0 Å². The van der Waals surface area contributed by atoms with E-state index in [-0.39, 0.29) is 0 Å². The summed E-state index contributed by atoms with van der Waals surface area (Å²) in [7, 11) is 0. The SMILES string of the molecule is C[C@@H](NCc1cncnc1)C1CCCC1. The Morgan fingerprint density at radius 1 is 1.33 bits per heavy atom. The first-order valence-electron chi connectivity index (χ1n) is 5.83. The summed E-state index contributed by atoms with van der Waals surface area (Å²) in [6.07, 6.45) is 10.9. The fourth-order valence-electron chi connectivity index (χ4n) is 2.32. The van der Waals surface area contributed by atoms with Crippen LogP contribution in [0.5, 0.6) is 0 Å². The quantitative estimate of drug-likeness (QED) is 0.818. The standard InChI is InChI=1S/C12H19N3/c1-10(12-4-2-3-5-12)15-8-11-6-13-9-14-7-11/h6-7,9-10,12,15H,2-5,8H2,1H3/t10-/m1/s1. The second-order valence-corrected chi connectivity index (χ2v) is 4.46. The predicted molar refractivity (Wildman–Crippen MR) is 60.3 cm³/mol.